The molecule has 0 radical (unpaired) electrons. The summed E-state index contributed by atoms with van der Waals surface area (Å²) in [5, 5.41) is 12.5. The molecule has 39 heavy (non-hydrogen) atoms. The number of carbonyl (C=O) groups excluding carboxylic acids is 1. The van der Waals surface area contributed by atoms with E-state index in [9.17, 15) is 18.0 Å². The van der Waals surface area contributed by atoms with Crippen LogP contribution in [0.5, 0.6) is 0 Å². The van der Waals surface area contributed by atoms with E-state index < -0.39 is 17.6 Å². The Morgan fingerprint density at radius 2 is 1.87 bits per heavy atom. The number of piperazine rings is 1. The van der Waals surface area contributed by atoms with E-state index in [4.69, 9.17) is 11.3 Å². The van der Waals surface area contributed by atoms with Crippen LogP contribution in [-0.2, 0) is 6.18 Å². The first kappa shape index (κ1) is 27.9. The van der Waals surface area contributed by atoms with E-state index in [1.807, 2.05) is 6.07 Å². The zero-order valence-electron chi connectivity index (χ0n) is 21.7. The van der Waals surface area contributed by atoms with Gasteiger partial charge in [0.05, 0.1) is 53.0 Å². The number of hydrogen-bond donors (Lipinski definition) is 3. The number of aryl methyl sites for hydroxylation is 1. The van der Waals surface area contributed by atoms with Crippen LogP contribution in [0.1, 0.15) is 34.2 Å². The fraction of sp³-hybridized carbons (Fsp3) is 0.346. The largest absolute Gasteiger partial charge is 0.416 e. The summed E-state index contributed by atoms with van der Waals surface area (Å²) in [4.78, 5) is 29.5. The minimum atomic E-state index is -4.60. The quantitative estimate of drug-likeness (QED) is 0.225. The van der Waals surface area contributed by atoms with Crippen LogP contribution in [0, 0.1) is 12.3 Å². The lowest BCUT2D eigenvalue weighted by atomic mass is 10.1. The number of likely N-dealkylation sites (N-methyl/N-ethyl adjacent to an activating group) is 1. The standard InChI is InChI=1S/C26H30F3N9O/c1-3-36-6-8-37(9-7-36)21-10-18(13-32-15-21)22(30)16-38(31)24-12-20(14-34-17(24)2)35-25(39)23-11-19(4-5-33-23)26(27,28)29/h4-5,10-15,30H,3,6-9,16,31H2,1-2H3,(H,35,39). The molecule has 0 bridgehead atoms. The number of halogens is 3. The number of anilines is 3. The van der Waals surface area contributed by atoms with E-state index >= 15 is 0 Å². The zero-order chi connectivity index (χ0) is 28.2. The molecule has 0 spiro atoms. The number of hydrogen-bond acceptors (Lipinski definition) is 9. The van der Waals surface area contributed by atoms with Crippen LogP contribution < -0.4 is 21.1 Å². The molecule has 4 heterocycles. The van der Waals surface area contributed by atoms with Crippen LogP contribution in [0.4, 0.5) is 30.2 Å². The molecular weight excluding hydrogens is 511 g/mol. The summed E-state index contributed by atoms with van der Waals surface area (Å²) in [6.07, 6.45) is 1.11. The summed E-state index contributed by atoms with van der Waals surface area (Å²) in [5.74, 6) is 5.47. The first-order chi connectivity index (χ1) is 18.5. The van der Waals surface area contributed by atoms with Crippen LogP contribution in [0.3, 0.4) is 0 Å². The smallest absolute Gasteiger partial charge is 0.368 e. The van der Waals surface area contributed by atoms with Gasteiger partial charge in [-0.05, 0) is 37.7 Å². The van der Waals surface area contributed by atoms with E-state index in [1.54, 1.807) is 25.4 Å². The molecule has 0 atom stereocenters. The monoisotopic (exact) mass is 541 g/mol. The topological polar surface area (TPSA) is 127 Å². The third kappa shape index (κ3) is 6.86. The van der Waals surface area contributed by atoms with Gasteiger partial charge in [-0.15, -0.1) is 0 Å². The number of alkyl halides is 3. The van der Waals surface area contributed by atoms with E-state index in [-0.39, 0.29) is 23.6 Å². The summed E-state index contributed by atoms with van der Waals surface area (Å²) >= 11 is 0. The fourth-order valence-corrected chi connectivity index (χ4v) is 4.24. The van der Waals surface area contributed by atoms with Gasteiger partial charge in [0.2, 0.25) is 0 Å². The number of nitrogens with two attached hydrogens (primary N) is 1. The van der Waals surface area contributed by atoms with Crippen molar-refractivity contribution in [2.24, 2.45) is 5.84 Å². The zero-order valence-corrected chi connectivity index (χ0v) is 21.7. The molecule has 0 aromatic carbocycles. The molecule has 10 nitrogen and oxygen atoms in total. The molecule has 0 unspecified atom stereocenters. The summed E-state index contributed by atoms with van der Waals surface area (Å²) in [7, 11) is 0. The Kier molecular flexibility index (Phi) is 8.41. The number of nitrogens with one attached hydrogen (secondary N) is 2. The number of aromatic nitrogens is 3. The highest BCUT2D eigenvalue weighted by Crippen LogP contribution is 2.29. The van der Waals surface area contributed by atoms with Crippen LogP contribution in [0.2, 0.25) is 0 Å². The van der Waals surface area contributed by atoms with Gasteiger partial charge in [0.15, 0.2) is 0 Å². The van der Waals surface area contributed by atoms with Crippen LogP contribution in [0.15, 0.2) is 49.1 Å². The minimum Gasteiger partial charge on any atom is -0.368 e. The van der Waals surface area contributed by atoms with Gasteiger partial charge in [-0.1, -0.05) is 6.92 Å². The lowest BCUT2D eigenvalue weighted by Gasteiger charge is -2.35. The molecular formula is C26H30F3N9O. The number of rotatable bonds is 8. The second-order valence-corrected chi connectivity index (χ2v) is 9.17. The third-order valence-corrected chi connectivity index (χ3v) is 6.53. The molecule has 3 aromatic rings. The van der Waals surface area contributed by atoms with E-state index in [0.29, 0.717) is 23.0 Å². The van der Waals surface area contributed by atoms with Crippen LogP contribution >= 0.6 is 0 Å². The number of pyridine rings is 3. The van der Waals surface area contributed by atoms with Crippen molar-refractivity contribution >= 4 is 28.7 Å². The SMILES string of the molecule is CCN1CCN(c2cncc(C(=N)CN(N)c3cc(NC(=O)c4cc(C(F)(F)F)ccn4)cnc3C)c2)CC1. The second kappa shape index (κ2) is 11.7. The molecule has 1 aliphatic heterocycles. The molecule has 0 aliphatic carbocycles. The van der Waals surface area contributed by atoms with Gasteiger partial charge < -0.3 is 25.5 Å². The van der Waals surface area contributed by atoms with Crippen molar-refractivity contribution in [2.45, 2.75) is 20.0 Å². The first-order valence-corrected chi connectivity index (χ1v) is 12.4. The maximum absolute atomic E-state index is 13.0. The highest BCUT2D eigenvalue weighted by Gasteiger charge is 2.31. The molecule has 206 valence electrons. The maximum atomic E-state index is 13.0. The molecule has 4 N–H and O–H groups in total. The molecule has 3 aromatic heterocycles. The van der Waals surface area contributed by atoms with Gasteiger partial charge in [0.25, 0.3) is 5.91 Å². The van der Waals surface area contributed by atoms with Gasteiger partial charge in [-0.3, -0.25) is 19.7 Å². The Morgan fingerprint density at radius 1 is 1.13 bits per heavy atom. The van der Waals surface area contributed by atoms with Gasteiger partial charge in [0.1, 0.15) is 5.69 Å². The summed E-state index contributed by atoms with van der Waals surface area (Å²) in [6, 6.07) is 4.94. The lowest BCUT2D eigenvalue weighted by molar-refractivity contribution is -0.137. The molecule has 1 saturated heterocycles. The van der Waals surface area contributed by atoms with Crippen LogP contribution in [-0.4, -0.2) is 70.7 Å². The number of carbonyl (C=O) groups is 1. The first-order valence-electron chi connectivity index (χ1n) is 12.4. The molecule has 1 fully saturated rings. The van der Waals surface area contributed by atoms with Crippen molar-refractivity contribution in [1.82, 2.24) is 19.9 Å². The molecule has 1 aliphatic rings. The van der Waals surface area contributed by atoms with Crippen molar-refractivity contribution in [3.05, 3.63) is 71.6 Å². The van der Waals surface area contributed by atoms with Gasteiger partial charge in [-0.2, -0.15) is 13.2 Å². The Bertz CT molecular complexity index is 1340. The van der Waals surface area contributed by atoms with Crippen molar-refractivity contribution in [2.75, 3.05) is 54.5 Å². The van der Waals surface area contributed by atoms with Crippen LogP contribution in [0.25, 0.3) is 0 Å². The van der Waals surface area contributed by atoms with Gasteiger partial charge in [0, 0.05) is 44.1 Å². The highest BCUT2D eigenvalue weighted by atomic mass is 19.4. The predicted octanol–water partition coefficient (Wildman–Crippen LogP) is 3.34. The van der Waals surface area contributed by atoms with E-state index in [1.165, 1.54) is 11.2 Å². The Labute approximate surface area is 224 Å². The van der Waals surface area contributed by atoms with Crippen molar-refractivity contribution in [1.29, 1.82) is 5.41 Å². The number of nitrogens with zero attached hydrogens (tertiary/aromatic N) is 6. The minimum absolute atomic E-state index is 0.0316. The number of hydrazine groups is 1. The molecule has 4 rings (SSSR count). The molecule has 0 saturated carbocycles. The number of amides is 1. The second-order valence-electron chi connectivity index (χ2n) is 9.17. The lowest BCUT2D eigenvalue weighted by Crippen LogP contribution is -2.46. The van der Waals surface area contributed by atoms with Gasteiger partial charge >= 0.3 is 6.18 Å². The normalized spacial score (nSPS) is 14.3. The Morgan fingerprint density at radius 3 is 2.56 bits per heavy atom. The van der Waals surface area contributed by atoms with Crippen molar-refractivity contribution < 1.29 is 18.0 Å². The molecule has 13 heteroatoms. The average molecular weight is 542 g/mol. The predicted molar refractivity (Wildman–Crippen MR) is 143 cm³/mol. The third-order valence-electron chi connectivity index (χ3n) is 6.53. The maximum Gasteiger partial charge on any atom is 0.416 e. The van der Waals surface area contributed by atoms with Crippen molar-refractivity contribution in [3.63, 3.8) is 0 Å². The Hall–Kier alpha value is -4.10. The van der Waals surface area contributed by atoms with Crippen molar-refractivity contribution in [3.8, 4) is 0 Å². The van der Waals surface area contributed by atoms with E-state index in [0.717, 1.165) is 50.7 Å². The highest BCUT2D eigenvalue weighted by molar-refractivity contribution is 6.03. The summed E-state index contributed by atoms with van der Waals surface area (Å²) < 4.78 is 39.0. The fourth-order valence-electron chi connectivity index (χ4n) is 4.24. The summed E-state index contributed by atoms with van der Waals surface area (Å²) in [6.45, 7) is 8.62. The van der Waals surface area contributed by atoms with E-state index in [2.05, 4.69) is 37.0 Å². The molecule has 1 amide bonds. The summed E-state index contributed by atoms with van der Waals surface area (Å²) in [5.41, 5.74) is 1.66. The van der Waals surface area contributed by atoms with Gasteiger partial charge in [-0.25, -0.2) is 5.84 Å². The Balaban J connectivity index is 1.44. The average Bonchev–Trinajstić information content (AvgIpc) is 2.93.